The van der Waals surface area contributed by atoms with Gasteiger partial charge in [-0.25, -0.2) is 9.29 Å². The molecule has 2 unspecified atom stereocenters. The second-order valence-electron chi connectivity index (χ2n) is 6.57. The summed E-state index contributed by atoms with van der Waals surface area (Å²) in [7, 11) is 0. The van der Waals surface area contributed by atoms with E-state index in [0.29, 0.717) is 11.6 Å². The fourth-order valence-corrected chi connectivity index (χ4v) is 3.69. The lowest BCUT2D eigenvalue weighted by Gasteiger charge is -2.47. The molecule has 4 N–H and O–H groups in total. The van der Waals surface area contributed by atoms with Gasteiger partial charge in [0.25, 0.3) is 0 Å². The highest BCUT2D eigenvalue weighted by Gasteiger charge is 2.36. The summed E-state index contributed by atoms with van der Waals surface area (Å²) in [6.45, 7) is 0.494. The first kappa shape index (κ1) is 17.9. The molecule has 1 heterocycles. The number of benzene rings is 3. The van der Waals surface area contributed by atoms with Crippen molar-refractivity contribution < 1.29 is 4.39 Å². The van der Waals surface area contributed by atoms with Crippen LogP contribution in [-0.2, 0) is 6.54 Å². The number of para-hydroxylation sites is 1. The lowest BCUT2D eigenvalue weighted by atomic mass is 10.0. The van der Waals surface area contributed by atoms with Gasteiger partial charge in [0.1, 0.15) is 12.1 Å². The Balaban J connectivity index is 1.77. The number of hydrogen-bond donors (Lipinski definition) is 2. The third-order valence-electron chi connectivity index (χ3n) is 4.84. The number of nitrogens with zero attached hydrogens (tertiary/aromatic N) is 2. The SMILES string of the molecule is NC1c2ccccc2N(c2cccc(Cl)c2)C(N)N1Cc1ccc(F)cc1. The minimum absolute atomic E-state index is 0.267. The van der Waals surface area contributed by atoms with Crippen molar-refractivity contribution in [2.45, 2.75) is 19.0 Å². The predicted molar refractivity (Wildman–Crippen MR) is 107 cm³/mol. The van der Waals surface area contributed by atoms with E-state index in [9.17, 15) is 4.39 Å². The second kappa shape index (κ2) is 7.29. The van der Waals surface area contributed by atoms with Crippen molar-refractivity contribution in [3.63, 3.8) is 0 Å². The zero-order valence-electron chi connectivity index (χ0n) is 14.6. The summed E-state index contributed by atoms with van der Waals surface area (Å²) in [6.07, 6.45) is -0.880. The number of hydrogen-bond acceptors (Lipinski definition) is 4. The zero-order valence-corrected chi connectivity index (χ0v) is 15.4. The molecule has 4 rings (SSSR count). The van der Waals surface area contributed by atoms with E-state index in [4.69, 9.17) is 23.1 Å². The Morgan fingerprint density at radius 1 is 0.926 bits per heavy atom. The molecular formula is C21H20ClFN4. The molecule has 138 valence electrons. The molecule has 0 saturated carbocycles. The van der Waals surface area contributed by atoms with Crippen LogP contribution in [0, 0.1) is 5.82 Å². The molecule has 0 saturated heterocycles. The number of anilines is 2. The molecule has 3 aromatic rings. The Morgan fingerprint density at radius 3 is 2.41 bits per heavy atom. The lowest BCUT2D eigenvalue weighted by molar-refractivity contribution is 0.121. The van der Waals surface area contributed by atoms with E-state index in [-0.39, 0.29) is 12.0 Å². The smallest absolute Gasteiger partial charge is 0.141 e. The molecule has 0 amide bonds. The van der Waals surface area contributed by atoms with Crippen molar-refractivity contribution >= 4 is 23.0 Å². The van der Waals surface area contributed by atoms with Crippen LogP contribution in [-0.4, -0.2) is 11.2 Å². The molecule has 1 aliphatic rings. The third kappa shape index (κ3) is 3.42. The van der Waals surface area contributed by atoms with Crippen LogP contribution in [0.5, 0.6) is 0 Å². The largest absolute Gasteiger partial charge is 0.312 e. The van der Waals surface area contributed by atoms with Gasteiger partial charge in [0.2, 0.25) is 0 Å². The van der Waals surface area contributed by atoms with Crippen LogP contribution in [0.2, 0.25) is 5.02 Å². The standard InChI is InChI=1S/C21H20ClFN4/c22-15-4-3-5-17(12-15)27-19-7-2-1-6-18(19)20(24)26(21(27)25)13-14-8-10-16(23)11-9-14/h1-12,20-21H,13,24-25H2. The Bertz CT molecular complexity index is 947. The van der Waals surface area contributed by atoms with Crippen molar-refractivity contribution in [2.24, 2.45) is 11.5 Å². The molecule has 1 aliphatic heterocycles. The molecule has 3 aromatic carbocycles. The zero-order chi connectivity index (χ0) is 19.0. The summed E-state index contributed by atoms with van der Waals surface area (Å²) in [6, 6.07) is 21.9. The number of rotatable bonds is 3. The average molecular weight is 383 g/mol. The summed E-state index contributed by atoms with van der Waals surface area (Å²) in [4.78, 5) is 4.00. The summed E-state index contributed by atoms with van der Waals surface area (Å²) in [5, 5.41) is 0.636. The molecule has 0 spiro atoms. The van der Waals surface area contributed by atoms with E-state index in [1.165, 1.54) is 12.1 Å². The van der Waals surface area contributed by atoms with Crippen LogP contribution in [0.1, 0.15) is 17.3 Å². The van der Waals surface area contributed by atoms with Gasteiger partial charge in [0.15, 0.2) is 0 Å². The van der Waals surface area contributed by atoms with Crippen LogP contribution in [0.4, 0.5) is 15.8 Å². The van der Waals surface area contributed by atoms with Gasteiger partial charge in [-0.1, -0.05) is 48.0 Å². The van der Waals surface area contributed by atoms with Gasteiger partial charge in [-0.2, -0.15) is 0 Å². The highest BCUT2D eigenvalue weighted by molar-refractivity contribution is 6.30. The van der Waals surface area contributed by atoms with Gasteiger partial charge in [-0.15, -0.1) is 0 Å². The maximum Gasteiger partial charge on any atom is 0.141 e. The van der Waals surface area contributed by atoms with Gasteiger partial charge in [0, 0.05) is 28.5 Å². The van der Waals surface area contributed by atoms with Gasteiger partial charge >= 0.3 is 0 Å². The fraction of sp³-hybridized carbons (Fsp3) is 0.143. The molecular weight excluding hydrogens is 363 g/mol. The predicted octanol–water partition coefficient (Wildman–Crippen LogP) is 4.33. The molecule has 0 radical (unpaired) electrons. The van der Waals surface area contributed by atoms with E-state index in [1.807, 2.05) is 58.3 Å². The lowest BCUT2D eigenvalue weighted by Crippen LogP contribution is -2.58. The topological polar surface area (TPSA) is 58.5 Å². The van der Waals surface area contributed by atoms with Gasteiger partial charge < -0.3 is 10.6 Å². The van der Waals surface area contributed by atoms with Crippen molar-refractivity contribution in [1.82, 2.24) is 4.90 Å². The molecule has 0 bridgehead atoms. The molecule has 2 atom stereocenters. The fourth-order valence-electron chi connectivity index (χ4n) is 3.50. The van der Waals surface area contributed by atoms with Crippen LogP contribution in [0.25, 0.3) is 0 Å². The summed E-state index contributed by atoms with van der Waals surface area (Å²) in [5.74, 6) is -0.267. The number of nitrogens with two attached hydrogens (primary N) is 2. The minimum Gasteiger partial charge on any atom is -0.312 e. The van der Waals surface area contributed by atoms with Crippen molar-refractivity contribution in [2.75, 3.05) is 4.90 Å². The Morgan fingerprint density at radius 2 is 1.67 bits per heavy atom. The quantitative estimate of drug-likeness (QED) is 0.707. The van der Waals surface area contributed by atoms with E-state index in [0.717, 1.165) is 22.5 Å². The molecule has 0 aliphatic carbocycles. The van der Waals surface area contributed by atoms with Crippen LogP contribution >= 0.6 is 11.6 Å². The third-order valence-corrected chi connectivity index (χ3v) is 5.08. The Hall–Kier alpha value is -2.44. The van der Waals surface area contributed by atoms with Crippen LogP contribution in [0.15, 0.2) is 72.8 Å². The Kier molecular flexibility index (Phi) is 4.85. The van der Waals surface area contributed by atoms with E-state index < -0.39 is 6.29 Å². The first-order valence-corrected chi connectivity index (χ1v) is 9.07. The summed E-state index contributed by atoms with van der Waals surface area (Å²) in [5.41, 5.74) is 16.9. The van der Waals surface area contributed by atoms with Crippen molar-refractivity contribution in [1.29, 1.82) is 0 Å². The summed E-state index contributed by atoms with van der Waals surface area (Å²) >= 11 is 6.21. The maximum absolute atomic E-state index is 13.3. The first-order chi connectivity index (χ1) is 13.0. The van der Waals surface area contributed by atoms with E-state index in [2.05, 4.69) is 0 Å². The summed E-state index contributed by atoms with van der Waals surface area (Å²) < 4.78 is 13.3. The van der Waals surface area contributed by atoms with Crippen LogP contribution in [0.3, 0.4) is 0 Å². The Labute approximate surface area is 162 Å². The monoisotopic (exact) mass is 382 g/mol. The number of halogens is 2. The minimum atomic E-state index is -0.501. The van der Waals surface area contributed by atoms with E-state index in [1.54, 1.807) is 12.1 Å². The number of fused-ring (bicyclic) bond motifs is 1. The first-order valence-electron chi connectivity index (χ1n) is 8.69. The molecule has 0 aromatic heterocycles. The molecule has 4 nitrogen and oxygen atoms in total. The van der Waals surface area contributed by atoms with Gasteiger partial charge in [0.05, 0.1) is 6.17 Å². The average Bonchev–Trinajstić information content (AvgIpc) is 2.67. The van der Waals surface area contributed by atoms with Crippen LogP contribution < -0.4 is 16.4 Å². The molecule has 27 heavy (non-hydrogen) atoms. The van der Waals surface area contributed by atoms with Gasteiger partial charge in [-0.05, 0) is 42.0 Å². The normalized spacial score (nSPS) is 19.8. The van der Waals surface area contributed by atoms with E-state index >= 15 is 0 Å². The highest BCUT2D eigenvalue weighted by Crippen LogP contribution is 2.40. The van der Waals surface area contributed by atoms with Gasteiger partial charge in [-0.3, -0.25) is 5.73 Å². The second-order valence-corrected chi connectivity index (χ2v) is 7.00. The highest BCUT2D eigenvalue weighted by atomic mass is 35.5. The van der Waals surface area contributed by atoms with Crippen molar-refractivity contribution in [3.8, 4) is 0 Å². The maximum atomic E-state index is 13.3. The molecule has 0 fully saturated rings. The van der Waals surface area contributed by atoms with Crippen molar-refractivity contribution in [3.05, 3.63) is 94.8 Å². The molecule has 6 heteroatoms.